The van der Waals surface area contributed by atoms with E-state index in [1.54, 1.807) is 12.1 Å². The molecule has 0 unspecified atom stereocenters. The minimum absolute atomic E-state index is 0.0523. The van der Waals surface area contributed by atoms with Gasteiger partial charge in [-0.3, -0.25) is 14.4 Å². The number of amides is 2. The molecule has 0 radical (unpaired) electrons. The highest BCUT2D eigenvalue weighted by atomic mass is 19.1. The molecule has 1 aliphatic rings. The second-order valence-electron chi connectivity index (χ2n) is 11.0. The normalized spacial score (nSPS) is 16.4. The maximum absolute atomic E-state index is 13.5. The van der Waals surface area contributed by atoms with Crippen molar-refractivity contribution in [3.05, 3.63) is 71.5 Å². The standard InChI is InChI=1S/C31H41FN2O4/c1-21(2)16-27(33-29(36)20-24-14-9-15-25(32)17-24)31(38)34-26(18-22-10-5-3-6-11-22)30(37)28(35)19-23-12-7-4-8-13-23/h4,7-9,12-15,17,21-22,26-27,30,37H,3,5-6,10-11,16,18-20H2,1-2H3,(H,33,36)(H,34,38)/t26-,27-,30+/m0/s1. The van der Waals surface area contributed by atoms with Gasteiger partial charge < -0.3 is 15.7 Å². The summed E-state index contributed by atoms with van der Waals surface area (Å²) in [6, 6.07) is 13.5. The third-order valence-electron chi connectivity index (χ3n) is 7.18. The first kappa shape index (κ1) is 29.5. The lowest BCUT2D eigenvalue weighted by atomic mass is 9.82. The van der Waals surface area contributed by atoms with Crippen molar-refractivity contribution in [2.75, 3.05) is 0 Å². The van der Waals surface area contributed by atoms with Crippen LogP contribution in [-0.4, -0.2) is 40.9 Å². The molecule has 1 fully saturated rings. The molecular formula is C31H41FN2O4. The molecule has 38 heavy (non-hydrogen) atoms. The number of aliphatic hydroxyl groups excluding tert-OH is 1. The van der Waals surface area contributed by atoms with E-state index < -0.39 is 29.9 Å². The Bertz CT molecular complexity index is 1050. The Hall–Kier alpha value is -3.06. The Morgan fingerprint density at radius 3 is 2.26 bits per heavy atom. The number of ketones is 1. The Kier molecular flexibility index (Phi) is 11.5. The fourth-order valence-electron chi connectivity index (χ4n) is 5.24. The largest absolute Gasteiger partial charge is 0.383 e. The lowest BCUT2D eigenvalue weighted by Crippen LogP contribution is -2.55. The minimum atomic E-state index is -1.34. The summed E-state index contributed by atoms with van der Waals surface area (Å²) in [7, 11) is 0. The summed E-state index contributed by atoms with van der Waals surface area (Å²) in [4.78, 5) is 39.2. The van der Waals surface area contributed by atoms with Crippen LogP contribution in [-0.2, 0) is 27.2 Å². The van der Waals surface area contributed by atoms with E-state index in [9.17, 15) is 23.9 Å². The molecule has 0 heterocycles. The van der Waals surface area contributed by atoms with Gasteiger partial charge in [-0.1, -0.05) is 88.4 Å². The molecule has 3 atom stereocenters. The lowest BCUT2D eigenvalue weighted by molar-refractivity contribution is -0.133. The topological polar surface area (TPSA) is 95.5 Å². The van der Waals surface area contributed by atoms with Gasteiger partial charge in [-0.25, -0.2) is 4.39 Å². The number of halogens is 1. The van der Waals surface area contributed by atoms with Crippen molar-refractivity contribution >= 4 is 17.6 Å². The van der Waals surface area contributed by atoms with Gasteiger partial charge in [0.1, 0.15) is 18.0 Å². The van der Waals surface area contributed by atoms with E-state index in [-0.39, 0.29) is 30.4 Å². The first-order chi connectivity index (χ1) is 18.2. The molecule has 0 aliphatic heterocycles. The van der Waals surface area contributed by atoms with Gasteiger partial charge in [0.25, 0.3) is 0 Å². The van der Waals surface area contributed by atoms with Crippen molar-refractivity contribution < 1.29 is 23.9 Å². The van der Waals surface area contributed by atoms with Crippen LogP contribution in [0.25, 0.3) is 0 Å². The maximum atomic E-state index is 13.5. The molecule has 2 aromatic rings. The number of carbonyl (C=O) groups excluding carboxylic acids is 3. The highest BCUT2D eigenvalue weighted by Gasteiger charge is 2.33. The number of carbonyl (C=O) groups is 3. The summed E-state index contributed by atoms with van der Waals surface area (Å²) in [6.45, 7) is 3.91. The van der Waals surface area contributed by atoms with Gasteiger partial charge in [-0.2, -0.15) is 0 Å². The van der Waals surface area contributed by atoms with Gasteiger partial charge in [0.15, 0.2) is 5.78 Å². The second kappa shape index (κ2) is 14.8. The van der Waals surface area contributed by atoms with Crippen molar-refractivity contribution in [1.29, 1.82) is 0 Å². The predicted octanol–water partition coefficient (Wildman–Crippen LogP) is 4.53. The van der Waals surface area contributed by atoms with Gasteiger partial charge in [0.05, 0.1) is 12.5 Å². The molecule has 1 saturated carbocycles. The summed E-state index contributed by atoms with van der Waals surface area (Å²) in [5.74, 6) is -1.14. The van der Waals surface area contributed by atoms with Crippen LogP contribution >= 0.6 is 0 Å². The van der Waals surface area contributed by atoms with Gasteiger partial charge in [0, 0.05) is 6.42 Å². The summed E-state index contributed by atoms with van der Waals surface area (Å²) in [5.41, 5.74) is 1.32. The van der Waals surface area contributed by atoms with Gasteiger partial charge in [-0.15, -0.1) is 0 Å². The molecule has 0 saturated heterocycles. The van der Waals surface area contributed by atoms with Crippen molar-refractivity contribution in [3.8, 4) is 0 Å². The second-order valence-corrected chi connectivity index (χ2v) is 11.0. The van der Waals surface area contributed by atoms with Gasteiger partial charge in [-0.05, 0) is 47.9 Å². The molecule has 0 aromatic heterocycles. The van der Waals surface area contributed by atoms with Crippen molar-refractivity contribution in [2.45, 2.75) is 89.8 Å². The van der Waals surface area contributed by atoms with Crippen LogP contribution in [0, 0.1) is 17.7 Å². The van der Waals surface area contributed by atoms with Gasteiger partial charge >= 0.3 is 0 Å². The molecule has 1 aliphatic carbocycles. The molecule has 206 valence electrons. The SMILES string of the molecule is CC(C)C[C@H](NC(=O)Cc1cccc(F)c1)C(=O)N[C@@H](CC1CCCCC1)[C@@H](O)C(=O)Cc1ccccc1. The molecule has 6 nitrogen and oxygen atoms in total. The van der Waals surface area contributed by atoms with E-state index in [0.717, 1.165) is 31.2 Å². The zero-order valence-electron chi connectivity index (χ0n) is 22.5. The highest BCUT2D eigenvalue weighted by molar-refractivity contribution is 5.90. The molecule has 2 amide bonds. The van der Waals surface area contributed by atoms with E-state index in [2.05, 4.69) is 10.6 Å². The molecule has 0 spiro atoms. The van der Waals surface area contributed by atoms with Crippen LogP contribution in [0.4, 0.5) is 4.39 Å². The van der Waals surface area contributed by atoms with Crippen LogP contribution in [0.15, 0.2) is 54.6 Å². The van der Waals surface area contributed by atoms with E-state index in [1.807, 2.05) is 44.2 Å². The molecule has 3 rings (SSSR count). The molecule has 2 aromatic carbocycles. The third-order valence-corrected chi connectivity index (χ3v) is 7.18. The number of rotatable bonds is 13. The summed E-state index contributed by atoms with van der Waals surface area (Å²) < 4.78 is 13.5. The summed E-state index contributed by atoms with van der Waals surface area (Å²) in [6.07, 6.45) is 4.99. The Balaban J connectivity index is 1.71. The van der Waals surface area contributed by atoms with Crippen LogP contribution in [0.1, 0.15) is 69.9 Å². The fourth-order valence-corrected chi connectivity index (χ4v) is 5.24. The summed E-state index contributed by atoms with van der Waals surface area (Å²) in [5, 5.41) is 16.8. The van der Waals surface area contributed by atoms with Gasteiger partial charge in [0.2, 0.25) is 11.8 Å². The Morgan fingerprint density at radius 2 is 1.61 bits per heavy atom. The first-order valence-electron chi connectivity index (χ1n) is 13.8. The number of hydrogen-bond donors (Lipinski definition) is 3. The first-order valence-corrected chi connectivity index (χ1v) is 13.8. The molecular weight excluding hydrogens is 483 g/mol. The zero-order valence-corrected chi connectivity index (χ0v) is 22.5. The average molecular weight is 525 g/mol. The number of Topliss-reactive ketones (excluding diaryl/α,β-unsaturated/α-hetero) is 1. The number of benzene rings is 2. The van der Waals surface area contributed by atoms with Crippen LogP contribution in [0.2, 0.25) is 0 Å². The Labute approximate surface area is 225 Å². The highest BCUT2D eigenvalue weighted by Crippen LogP contribution is 2.28. The Morgan fingerprint density at radius 1 is 0.921 bits per heavy atom. The van der Waals surface area contributed by atoms with Crippen LogP contribution in [0.3, 0.4) is 0 Å². The van der Waals surface area contributed by atoms with Crippen molar-refractivity contribution in [2.24, 2.45) is 11.8 Å². The molecule has 7 heteroatoms. The smallest absolute Gasteiger partial charge is 0.242 e. The van der Waals surface area contributed by atoms with E-state index in [4.69, 9.17) is 0 Å². The third kappa shape index (κ3) is 9.67. The van der Waals surface area contributed by atoms with E-state index >= 15 is 0 Å². The van der Waals surface area contributed by atoms with E-state index in [0.29, 0.717) is 24.3 Å². The van der Waals surface area contributed by atoms with Crippen LogP contribution in [0.5, 0.6) is 0 Å². The molecule has 0 bridgehead atoms. The maximum Gasteiger partial charge on any atom is 0.242 e. The zero-order chi connectivity index (χ0) is 27.5. The number of nitrogens with one attached hydrogen (secondary N) is 2. The van der Waals surface area contributed by atoms with Crippen molar-refractivity contribution in [1.82, 2.24) is 10.6 Å². The fraction of sp³-hybridized carbons (Fsp3) is 0.516. The predicted molar refractivity (Wildman–Crippen MR) is 146 cm³/mol. The quantitative estimate of drug-likeness (QED) is 0.359. The van der Waals surface area contributed by atoms with Crippen molar-refractivity contribution in [3.63, 3.8) is 0 Å². The molecule has 3 N–H and O–H groups in total. The monoisotopic (exact) mass is 524 g/mol. The number of hydrogen-bond acceptors (Lipinski definition) is 4. The summed E-state index contributed by atoms with van der Waals surface area (Å²) >= 11 is 0. The van der Waals surface area contributed by atoms with Crippen LogP contribution < -0.4 is 10.6 Å². The minimum Gasteiger partial charge on any atom is -0.383 e. The number of aliphatic hydroxyl groups is 1. The van der Waals surface area contributed by atoms with E-state index in [1.165, 1.54) is 18.6 Å². The lowest BCUT2D eigenvalue weighted by Gasteiger charge is -2.31. The average Bonchev–Trinajstić information content (AvgIpc) is 2.88.